The monoisotopic (exact) mass is 299 g/mol. The minimum Gasteiger partial charge on any atom is -0.386 e. The number of carbonyl (C=O) groups is 1. The highest BCUT2D eigenvalue weighted by Gasteiger charge is 2.13. The Morgan fingerprint density at radius 2 is 2.05 bits per heavy atom. The fraction of sp³-hybridized carbons (Fsp3) is 0.133. The molecule has 1 atom stereocenters. The zero-order chi connectivity index (χ0) is 14.7. The molecule has 0 aliphatic carbocycles. The van der Waals surface area contributed by atoms with Crippen molar-refractivity contribution < 1.29 is 9.90 Å². The number of carbonyl (C=O) groups excluding carboxylic acids is 1. The molecule has 106 valence electrons. The van der Waals surface area contributed by atoms with Gasteiger partial charge in [0.15, 0.2) is 0 Å². The van der Waals surface area contributed by atoms with E-state index in [0.29, 0.717) is 5.52 Å². The van der Waals surface area contributed by atoms with Gasteiger partial charge in [-0.1, -0.05) is 18.2 Å². The molecule has 6 heteroatoms. The fourth-order valence-electron chi connectivity index (χ4n) is 1.93. The van der Waals surface area contributed by atoms with Gasteiger partial charge in [-0.3, -0.25) is 9.78 Å². The first-order valence-corrected chi connectivity index (χ1v) is 7.33. The van der Waals surface area contributed by atoms with Gasteiger partial charge in [-0.05, 0) is 23.6 Å². The van der Waals surface area contributed by atoms with Gasteiger partial charge in [0.05, 0.1) is 17.2 Å². The van der Waals surface area contributed by atoms with E-state index in [2.05, 4.69) is 15.3 Å². The van der Waals surface area contributed by atoms with E-state index in [0.717, 1.165) is 10.4 Å². The quantitative estimate of drug-likeness (QED) is 0.774. The maximum absolute atomic E-state index is 12.0. The molecule has 0 unspecified atom stereocenters. The van der Waals surface area contributed by atoms with Crippen LogP contribution < -0.4 is 5.32 Å². The van der Waals surface area contributed by atoms with Crippen LogP contribution in [0.25, 0.3) is 11.0 Å². The summed E-state index contributed by atoms with van der Waals surface area (Å²) in [7, 11) is 0. The molecule has 21 heavy (non-hydrogen) atoms. The molecular weight excluding hydrogens is 286 g/mol. The Balaban J connectivity index is 1.69. The molecule has 0 fully saturated rings. The standard InChI is InChI=1S/C15H13N3O2S/c19-13(14-6-3-7-21-14)9-17-15(20)12-8-16-10-4-1-2-5-11(10)18-12/h1-8,13,19H,9H2,(H,17,20)/t13-/m1/s1. The normalized spacial score (nSPS) is 12.2. The molecule has 2 aromatic heterocycles. The minimum absolute atomic E-state index is 0.147. The van der Waals surface area contributed by atoms with E-state index in [4.69, 9.17) is 0 Å². The lowest BCUT2D eigenvalue weighted by Crippen LogP contribution is -2.28. The van der Waals surface area contributed by atoms with E-state index in [1.165, 1.54) is 17.5 Å². The molecule has 3 rings (SSSR count). The second-order valence-corrected chi connectivity index (χ2v) is 5.46. The maximum Gasteiger partial charge on any atom is 0.271 e. The van der Waals surface area contributed by atoms with E-state index >= 15 is 0 Å². The predicted octanol–water partition coefficient (Wildman–Crippen LogP) is 2.15. The van der Waals surface area contributed by atoms with Crippen LogP contribution in [0, 0.1) is 0 Å². The Bertz CT molecular complexity index is 758. The van der Waals surface area contributed by atoms with Crippen LogP contribution in [0.3, 0.4) is 0 Å². The lowest BCUT2D eigenvalue weighted by Gasteiger charge is -2.10. The van der Waals surface area contributed by atoms with Crippen LogP contribution in [-0.2, 0) is 0 Å². The van der Waals surface area contributed by atoms with Gasteiger partial charge in [-0.25, -0.2) is 4.98 Å². The Labute approximate surface area is 125 Å². The predicted molar refractivity (Wildman–Crippen MR) is 81.2 cm³/mol. The summed E-state index contributed by atoms with van der Waals surface area (Å²) in [5, 5.41) is 14.5. The van der Waals surface area contributed by atoms with Crippen LogP contribution in [0.2, 0.25) is 0 Å². The molecule has 2 N–H and O–H groups in total. The van der Waals surface area contributed by atoms with Crippen molar-refractivity contribution in [1.29, 1.82) is 0 Å². The summed E-state index contributed by atoms with van der Waals surface area (Å²) in [5.41, 5.74) is 1.66. The number of fused-ring (bicyclic) bond motifs is 1. The molecule has 0 aliphatic rings. The highest BCUT2D eigenvalue weighted by Crippen LogP contribution is 2.17. The smallest absolute Gasteiger partial charge is 0.271 e. The summed E-state index contributed by atoms with van der Waals surface area (Å²) in [6.45, 7) is 0.147. The largest absolute Gasteiger partial charge is 0.386 e. The third-order valence-electron chi connectivity index (χ3n) is 3.01. The molecule has 3 aromatic rings. The third-order valence-corrected chi connectivity index (χ3v) is 3.98. The van der Waals surface area contributed by atoms with E-state index in [-0.39, 0.29) is 18.1 Å². The van der Waals surface area contributed by atoms with Gasteiger partial charge < -0.3 is 10.4 Å². The zero-order valence-corrected chi connectivity index (χ0v) is 11.9. The number of hydrogen-bond acceptors (Lipinski definition) is 5. The Kier molecular flexibility index (Phi) is 3.89. The summed E-state index contributed by atoms with van der Waals surface area (Å²) in [5.74, 6) is -0.344. The van der Waals surface area contributed by atoms with Crippen molar-refractivity contribution >= 4 is 28.3 Å². The summed E-state index contributed by atoms with van der Waals surface area (Å²) in [4.78, 5) is 21.3. The van der Waals surface area contributed by atoms with Crippen molar-refractivity contribution in [1.82, 2.24) is 15.3 Å². The summed E-state index contributed by atoms with van der Waals surface area (Å²) in [6, 6.07) is 11.1. The number of aliphatic hydroxyl groups excluding tert-OH is 1. The van der Waals surface area contributed by atoms with Gasteiger partial charge in [0.1, 0.15) is 11.8 Å². The Morgan fingerprint density at radius 1 is 1.24 bits per heavy atom. The molecule has 0 bridgehead atoms. The summed E-state index contributed by atoms with van der Waals surface area (Å²) in [6.07, 6.45) is 0.734. The lowest BCUT2D eigenvalue weighted by atomic mass is 10.2. The number of rotatable bonds is 4. The van der Waals surface area contributed by atoms with Crippen LogP contribution in [0.5, 0.6) is 0 Å². The highest BCUT2D eigenvalue weighted by molar-refractivity contribution is 7.10. The van der Waals surface area contributed by atoms with Crippen molar-refractivity contribution in [3.8, 4) is 0 Å². The van der Waals surface area contributed by atoms with E-state index in [9.17, 15) is 9.90 Å². The number of aromatic nitrogens is 2. The SMILES string of the molecule is O=C(NC[C@@H](O)c1cccs1)c1cnc2ccccc2n1. The average molecular weight is 299 g/mol. The van der Waals surface area contributed by atoms with E-state index in [1.807, 2.05) is 35.7 Å². The molecule has 0 saturated carbocycles. The number of nitrogens with one attached hydrogen (secondary N) is 1. The second kappa shape index (κ2) is 5.99. The average Bonchev–Trinajstić information content (AvgIpc) is 3.06. The van der Waals surface area contributed by atoms with Crippen LogP contribution in [0.15, 0.2) is 48.0 Å². The number of benzene rings is 1. The Morgan fingerprint density at radius 3 is 2.81 bits per heavy atom. The van der Waals surface area contributed by atoms with Crippen molar-refractivity contribution in [3.63, 3.8) is 0 Å². The van der Waals surface area contributed by atoms with Gasteiger partial charge in [-0.2, -0.15) is 0 Å². The molecule has 2 heterocycles. The number of para-hydroxylation sites is 2. The molecular formula is C15H13N3O2S. The lowest BCUT2D eigenvalue weighted by molar-refractivity contribution is 0.0913. The van der Waals surface area contributed by atoms with Crippen LogP contribution in [0.4, 0.5) is 0 Å². The van der Waals surface area contributed by atoms with Crippen LogP contribution >= 0.6 is 11.3 Å². The second-order valence-electron chi connectivity index (χ2n) is 4.49. The van der Waals surface area contributed by atoms with Gasteiger partial charge >= 0.3 is 0 Å². The van der Waals surface area contributed by atoms with Crippen molar-refractivity contribution in [2.45, 2.75) is 6.10 Å². The third kappa shape index (κ3) is 3.07. The summed E-state index contributed by atoms with van der Waals surface area (Å²) < 4.78 is 0. The van der Waals surface area contributed by atoms with Gasteiger partial charge in [0.2, 0.25) is 0 Å². The highest BCUT2D eigenvalue weighted by atomic mass is 32.1. The van der Waals surface area contributed by atoms with Gasteiger partial charge in [-0.15, -0.1) is 11.3 Å². The maximum atomic E-state index is 12.0. The van der Waals surface area contributed by atoms with Crippen molar-refractivity contribution in [2.24, 2.45) is 0 Å². The molecule has 0 spiro atoms. The van der Waals surface area contributed by atoms with E-state index in [1.54, 1.807) is 6.07 Å². The first-order valence-electron chi connectivity index (χ1n) is 6.45. The number of nitrogens with zero attached hydrogens (tertiary/aromatic N) is 2. The number of amides is 1. The van der Waals surface area contributed by atoms with Crippen LogP contribution in [0.1, 0.15) is 21.5 Å². The summed E-state index contributed by atoms with van der Waals surface area (Å²) >= 11 is 1.45. The molecule has 1 aromatic carbocycles. The zero-order valence-electron chi connectivity index (χ0n) is 11.1. The van der Waals surface area contributed by atoms with E-state index < -0.39 is 6.10 Å². The first-order chi connectivity index (χ1) is 10.2. The minimum atomic E-state index is -0.706. The number of hydrogen-bond donors (Lipinski definition) is 2. The fourth-order valence-corrected chi connectivity index (χ4v) is 2.64. The molecule has 5 nitrogen and oxygen atoms in total. The van der Waals surface area contributed by atoms with Crippen molar-refractivity contribution in [3.05, 3.63) is 58.5 Å². The topological polar surface area (TPSA) is 75.1 Å². The molecule has 0 saturated heterocycles. The molecule has 0 aliphatic heterocycles. The molecule has 1 amide bonds. The van der Waals surface area contributed by atoms with Gasteiger partial charge in [0.25, 0.3) is 5.91 Å². The van der Waals surface area contributed by atoms with Crippen LogP contribution in [-0.4, -0.2) is 27.5 Å². The Hall–Kier alpha value is -2.31. The first kappa shape index (κ1) is 13.7. The number of thiophene rings is 1. The van der Waals surface area contributed by atoms with Gasteiger partial charge in [0, 0.05) is 11.4 Å². The number of aliphatic hydroxyl groups is 1. The van der Waals surface area contributed by atoms with Crippen molar-refractivity contribution in [2.75, 3.05) is 6.54 Å². The molecule has 0 radical (unpaired) electrons.